The molecule has 0 bridgehead atoms. The molecule has 1 aliphatic rings. The predicted molar refractivity (Wildman–Crippen MR) is 80.9 cm³/mol. The molecule has 0 aromatic heterocycles. The molecule has 2 aromatic carbocycles. The number of rotatable bonds is 2. The molecule has 1 heterocycles. The number of carbonyl (C=O) groups is 1. The van der Waals surface area contributed by atoms with E-state index in [0.717, 1.165) is 22.6 Å². The second-order valence-electron chi connectivity index (χ2n) is 4.48. The molecular formula is C16H12ClNO2. The first-order chi connectivity index (χ1) is 9.67. The molecule has 100 valence electrons. The summed E-state index contributed by atoms with van der Waals surface area (Å²) < 4.78 is 5.12. The molecule has 1 amide bonds. The molecule has 20 heavy (non-hydrogen) atoms. The van der Waals surface area contributed by atoms with Gasteiger partial charge in [0.1, 0.15) is 5.75 Å². The fraction of sp³-hybridized carbons (Fsp3) is 0.0625. The summed E-state index contributed by atoms with van der Waals surface area (Å²) in [7, 11) is 1.62. The predicted octanol–water partition coefficient (Wildman–Crippen LogP) is 3.84. The Hall–Kier alpha value is -2.26. The third-order valence-electron chi connectivity index (χ3n) is 3.19. The lowest BCUT2D eigenvalue weighted by molar-refractivity contribution is -0.110. The van der Waals surface area contributed by atoms with Gasteiger partial charge in [-0.05, 0) is 35.9 Å². The smallest absolute Gasteiger partial charge is 0.256 e. The number of hydrogen-bond donors (Lipinski definition) is 1. The molecule has 1 N–H and O–H groups in total. The van der Waals surface area contributed by atoms with Crippen molar-refractivity contribution in [1.29, 1.82) is 0 Å². The van der Waals surface area contributed by atoms with Crippen LogP contribution in [0.5, 0.6) is 5.75 Å². The Morgan fingerprint density at radius 3 is 2.60 bits per heavy atom. The summed E-state index contributed by atoms with van der Waals surface area (Å²) in [6.07, 6.45) is 1.86. The minimum absolute atomic E-state index is 0.113. The average molecular weight is 286 g/mol. The third kappa shape index (κ3) is 2.28. The second-order valence-corrected chi connectivity index (χ2v) is 4.91. The Kier molecular flexibility index (Phi) is 3.20. The number of hydrogen-bond acceptors (Lipinski definition) is 2. The van der Waals surface area contributed by atoms with Crippen LogP contribution in [-0.4, -0.2) is 13.0 Å². The van der Waals surface area contributed by atoms with Gasteiger partial charge >= 0.3 is 0 Å². The number of nitrogens with one attached hydrogen (secondary N) is 1. The van der Waals surface area contributed by atoms with Crippen LogP contribution < -0.4 is 10.1 Å². The van der Waals surface area contributed by atoms with Crippen molar-refractivity contribution in [2.24, 2.45) is 0 Å². The van der Waals surface area contributed by atoms with E-state index in [9.17, 15) is 4.79 Å². The van der Waals surface area contributed by atoms with Crippen molar-refractivity contribution in [2.45, 2.75) is 0 Å². The van der Waals surface area contributed by atoms with Gasteiger partial charge in [0.25, 0.3) is 5.91 Å². The number of carbonyl (C=O) groups excluding carboxylic acids is 1. The summed E-state index contributed by atoms with van der Waals surface area (Å²) in [5, 5.41) is 3.42. The fourth-order valence-corrected chi connectivity index (χ4v) is 2.35. The number of fused-ring (bicyclic) bond motifs is 1. The SMILES string of the molecule is COc1ccc(C=C2C(=O)Nc3cc(Cl)ccc32)cc1. The zero-order valence-corrected chi connectivity index (χ0v) is 11.6. The molecule has 0 aliphatic carbocycles. The molecule has 3 rings (SSSR count). The van der Waals surface area contributed by atoms with Crippen LogP contribution in [0.25, 0.3) is 11.6 Å². The monoisotopic (exact) mass is 285 g/mol. The Balaban J connectivity index is 2.01. The molecular weight excluding hydrogens is 274 g/mol. The summed E-state index contributed by atoms with van der Waals surface area (Å²) in [5.74, 6) is 0.674. The molecule has 0 spiro atoms. The van der Waals surface area contributed by atoms with E-state index < -0.39 is 0 Å². The lowest BCUT2D eigenvalue weighted by Gasteiger charge is -2.01. The van der Waals surface area contributed by atoms with Gasteiger partial charge < -0.3 is 10.1 Å². The van der Waals surface area contributed by atoms with Crippen molar-refractivity contribution in [3.8, 4) is 5.75 Å². The van der Waals surface area contributed by atoms with Crippen molar-refractivity contribution in [1.82, 2.24) is 0 Å². The maximum Gasteiger partial charge on any atom is 0.256 e. The summed E-state index contributed by atoms with van der Waals surface area (Å²) in [6.45, 7) is 0. The van der Waals surface area contributed by atoms with E-state index in [1.165, 1.54) is 0 Å². The minimum atomic E-state index is -0.113. The summed E-state index contributed by atoms with van der Waals surface area (Å²) in [5.41, 5.74) is 3.21. The molecule has 1 aliphatic heterocycles. The van der Waals surface area contributed by atoms with Crippen molar-refractivity contribution < 1.29 is 9.53 Å². The zero-order valence-electron chi connectivity index (χ0n) is 10.8. The summed E-state index contributed by atoms with van der Waals surface area (Å²) in [6, 6.07) is 12.9. The lowest BCUT2D eigenvalue weighted by atomic mass is 10.0. The molecule has 4 heteroatoms. The molecule has 0 fully saturated rings. The highest BCUT2D eigenvalue weighted by Gasteiger charge is 2.23. The molecule has 0 atom stereocenters. The average Bonchev–Trinajstić information content (AvgIpc) is 2.75. The van der Waals surface area contributed by atoms with E-state index in [1.807, 2.05) is 36.4 Å². The van der Waals surface area contributed by atoms with Crippen molar-refractivity contribution in [2.75, 3.05) is 12.4 Å². The van der Waals surface area contributed by atoms with Gasteiger partial charge in [-0.15, -0.1) is 0 Å². The van der Waals surface area contributed by atoms with Crippen molar-refractivity contribution in [3.63, 3.8) is 0 Å². The number of halogens is 1. The number of amides is 1. The quantitative estimate of drug-likeness (QED) is 0.851. The maximum atomic E-state index is 12.0. The van der Waals surface area contributed by atoms with Crippen LogP contribution in [-0.2, 0) is 4.79 Å². The van der Waals surface area contributed by atoms with Gasteiger partial charge in [-0.3, -0.25) is 4.79 Å². The largest absolute Gasteiger partial charge is 0.497 e. The van der Waals surface area contributed by atoms with Crippen LogP contribution in [0, 0.1) is 0 Å². The van der Waals surface area contributed by atoms with Gasteiger partial charge in [-0.1, -0.05) is 29.8 Å². The van der Waals surface area contributed by atoms with Crippen LogP contribution in [0.4, 0.5) is 5.69 Å². The van der Waals surface area contributed by atoms with Gasteiger partial charge in [-0.25, -0.2) is 0 Å². The van der Waals surface area contributed by atoms with E-state index in [1.54, 1.807) is 19.2 Å². The number of methoxy groups -OCH3 is 1. The van der Waals surface area contributed by atoms with Gasteiger partial charge in [0.2, 0.25) is 0 Å². The van der Waals surface area contributed by atoms with Crippen LogP contribution in [0.15, 0.2) is 42.5 Å². The fourth-order valence-electron chi connectivity index (χ4n) is 2.18. The highest BCUT2D eigenvalue weighted by atomic mass is 35.5. The van der Waals surface area contributed by atoms with E-state index in [4.69, 9.17) is 16.3 Å². The van der Waals surface area contributed by atoms with E-state index in [0.29, 0.717) is 10.6 Å². The first-order valence-corrected chi connectivity index (χ1v) is 6.52. The highest BCUT2D eigenvalue weighted by molar-refractivity contribution is 6.36. The second kappa shape index (κ2) is 5.02. The third-order valence-corrected chi connectivity index (χ3v) is 3.43. The highest BCUT2D eigenvalue weighted by Crippen LogP contribution is 2.34. The topological polar surface area (TPSA) is 38.3 Å². The molecule has 0 saturated carbocycles. The van der Waals surface area contributed by atoms with Crippen LogP contribution in [0.3, 0.4) is 0 Å². The lowest BCUT2D eigenvalue weighted by Crippen LogP contribution is -2.03. The standard InChI is InChI=1S/C16H12ClNO2/c1-20-12-5-2-10(3-6-12)8-14-13-7-4-11(17)9-15(13)18-16(14)19/h2-9H,1H3,(H,18,19). The normalized spacial score (nSPS) is 15.1. The number of benzene rings is 2. The van der Waals surface area contributed by atoms with E-state index in [2.05, 4.69) is 5.32 Å². The molecule has 0 saturated heterocycles. The molecule has 2 aromatic rings. The van der Waals surface area contributed by atoms with Gasteiger partial charge in [-0.2, -0.15) is 0 Å². The summed E-state index contributed by atoms with van der Waals surface area (Å²) >= 11 is 5.93. The molecule has 0 radical (unpaired) electrons. The first-order valence-electron chi connectivity index (χ1n) is 6.14. The number of ether oxygens (including phenoxy) is 1. The molecule has 3 nitrogen and oxygen atoms in total. The first kappa shape index (κ1) is 12.8. The van der Waals surface area contributed by atoms with Crippen molar-refractivity contribution in [3.05, 3.63) is 58.6 Å². The van der Waals surface area contributed by atoms with Crippen LogP contribution in [0.1, 0.15) is 11.1 Å². The molecule has 0 unspecified atom stereocenters. The minimum Gasteiger partial charge on any atom is -0.497 e. The zero-order chi connectivity index (χ0) is 14.1. The van der Waals surface area contributed by atoms with Gasteiger partial charge in [0.15, 0.2) is 0 Å². The van der Waals surface area contributed by atoms with Gasteiger partial charge in [0.05, 0.1) is 12.8 Å². The van der Waals surface area contributed by atoms with Crippen molar-refractivity contribution >= 4 is 34.8 Å². The number of anilines is 1. The van der Waals surface area contributed by atoms with E-state index >= 15 is 0 Å². The van der Waals surface area contributed by atoms with E-state index in [-0.39, 0.29) is 5.91 Å². The van der Waals surface area contributed by atoms with Crippen LogP contribution >= 0.6 is 11.6 Å². The summed E-state index contributed by atoms with van der Waals surface area (Å²) in [4.78, 5) is 12.0. The Morgan fingerprint density at radius 2 is 1.90 bits per heavy atom. The Labute approximate surface area is 121 Å². The maximum absolute atomic E-state index is 12.0. The Bertz CT molecular complexity index is 705. The Morgan fingerprint density at radius 1 is 1.15 bits per heavy atom. The van der Waals surface area contributed by atoms with Crippen LogP contribution in [0.2, 0.25) is 5.02 Å². The van der Waals surface area contributed by atoms with Gasteiger partial charge in [0, 0.05) is 16.2 Å².